The zero-order valence-corrected chi connectivity index (χ0v) is 14.9. The van der Waals surface area contributed by atoms with Crippen molar-refractivity contribution in [1.82, 2.24) is 9.88 Å². The van der Waals surface area contributed by atoms with Crippen LogP contribution in [0.15, 0.2) is 55.8 Å². The summed E-state index contributed by atoms with van der Waals surface area (Å²) in [4.78, 5) is 6.84. The summed E-state index contributed by atoms with van der Waals surface area (Å²) in [6.45, 7) is 14.5. The van der Waals surface area contributed by atoms with Gasteiger partial charge in [-0.2, -0.15) is 0 Å². The van der Waals surface area contributed by atoms with Crippen LogP contribution in [0.5, 0.6) is 5.75 Å². The van der Waals surface area contributed by atoms with E-state index in [1.54, 1.807) is 7.11 Å². The molecule has 1 aromatic heterocycles. The first-order chi connectivity index (χ1) is 11.5. The largest absolute Gasteiger partial charge is 0.497 e. The lowest BCUT2D eigenvalue weighted by Gasteiger charge is -2.37. The first-order valence-corrected chi connectivity index (χ1v) is 8.15. The monoisotopic (exact) mass is 325 g/mol. The SMILES string of the molecule is C=CCN(CC=C)C(C)(C)CNc1cc(OC)cc2cccnc12. The summed E-state index contributed by atoms with van der Waals surface area (Å²) < 4.78 is 5.41. The van der Waals surface area contributed by atoms with E-state index in [2.05, 4.69) is 42.2 Å². The van der Waals surface area contributed by atoms with Gasteiger partial charge in [-0.3, -0.25) is 9.88 Å². The summed E-state index contributed by atoms with van der Waals surface area (Å²) >= 11 is 0. The lowest BCUT2D eigenvalue weighted by atomic mass is 10.0. The number of aromatic nitrogens is 1. The average Bonchev–Trinajstić information content (AvgIpc) is 2.59. The van der Waals surface area contributed by atoms with Gasteiger partial charge in [-0.15, -0.1) is 13.2 Å². The molecule has 24 heavy (non-hydrogen) atoms. The van der Waals surface area contributed by atoms with Gasteiger partial charge < -0.3 is 10.1 Å². The van der Waals surface area contributed by atoms with Crippen molar-refractivity contribution >= 4 is 16.6 Å². The third-order valence-electron chi connectivity index (χ3n) is 4.18. The number of ether oxygens (including phenoxy) is 1. The zero-order valence-electron chi connectivity index (χ0n) is 14.9. The topological polar surface area (TPSA) is 37.4 Å². The quantitative estimate of drug-likeness (QED) is 0.704. The molecule has 0 atom stereocenters. The average molecular weight is 325 g/mol. The highest BCUT2D eigenvalue weighted by Crippen LogP contribution is 2.28. The Morgan fingerprint density at radius 3 is 2.58 bits per heavy atom. The fraction of sp³-hybridized carbons (Fsp3) is 0.350. The zero-order chi connectivity index (χ0) is 17.6. The van der Waals surface area contributed by atoms with E-state index in [-0.39, 0.29) is 5.54 Å². The van der Waals surface area contributed by atoms with Crippen molar-refractivity contribution in [2.45, 2.75) is 19.4 Å². The minimum Gasteiger partial charge on any atom is -0.497 e. The summed E-state index contributed by atoms with van der Waals surface area (Å²) in [7, 11) is 1.68. The fourth-order valence-electron chi connectivity index (χ4n) is 2.72. The summed E-state index contributed by atoms with van der Waals surface area (Å²) in [5.41, 5.74) is 1.87. The molecule has 0 aliphatic heterocycles. The lowest BCUT2D eigenvalue weighted by molar-refractivity contribution is 0.166. The number of nitrogens with one attached hydrogen (secondary N) is 1. The first kappa shape index (κ1) is 18.0. The van der Waals surface area contributed by atoms with E-state index in [9.17, 15) is 0 Å². The molecule has 0 saturated heterocycles. The van der Waals surface area contributed by atoms with E-state index < -0.39 is 0 Å². The lowest BCUT2D eigenvalue weighted by Crippen LogP contribution is -2.48. The molecule has 0 bridgehead atoms. The number of hydrogen-bond donors (Lipinski definition) is 1. The molecule has 2 aromatic rings. The number of hydrogen-bond acceptors (Lipinski definition) is 4. The van der Waals surface area contributed by atoms with Crippen LogP contribution < -0.4 is 10.1 Å². The Morgan fingerprint density at radius 1 is 1.25 bits per heavy atom. The maximum absolute atomic E-state index is 5.41. The van der Waals surface area contributed by atoms with E-state index in [4.69, 9.17) is 4.74 Å². The molecule has 0 aliphatic carbocycles. The number of benzene rings is 1. The number of nitrogens with zero attached hydrogens (tertiary/aromatic N) is 2. The second kappa shape index (κ2) is 7.97. The second-order valence-electron chi connectivity index (χ2n) is 6.40. The van der Waals surface area contributed by atoms with Gasteiger partial charge in [0.05, 0.1) is 18.3 Å². The molecule has 128 valence electrons. The Morgan fingerprint density at radius 2 is 1.96 bits per heavy atom. The van der Waals surface area contributed by atoms with E-state index in [1.807, 2.05) is 42.6 Å². The molecular weight excluding hydrogens is 298 g/mol. The van der Waals surface area contributed by atoms with Crippen LogP contribution in [0.2, 0.25) is 0 Å². The predicted octanol–water partition coefficient (Wildman–Crippen LogP) is 4.11. The van der Waals surface area contributed by atoms with Crippen molar-refractivity contribution < 1.29 is 4.74 Å². The molecule has 4 nitrogen and oxygen atoms in total. The number of rotatable bonds is 9. The van der Waals surface area contributed by atoms with Crippen LogP contribution in [0.25, 0.3) is 10.9 Å². The van der Waals surface area contributed by atoms with Crippen LogP contribution in [-0.4, -0.2) is 42.2 Å². The number of pyridine rings is 1. The maximum Gasteiger partial charge on any atom is 0.121 e. The Labute approximate surface area is 144 Å². The molecule has 0 unspecified atom stereocenters. The highest BCUT2D eigenvalue weighted by molar-refractivity contribution is 5.91. The molecule has 4 heteroatoms. The molecule has 2 rings (SSSR count). The minimum atomic E-state index is -0.0629. The van der Waals surface area contributed by atoms with Crippen molar-refractivity contribution in [3.05, 3.63) is 55.8 Å². The highest BCUT2D eigenvalue weighted by atomic mass is 16.5. The first-order valence-electron chi connectivity index (χ1n) is 8.15. The highest BCUT2D eigenvalue weighted by Gasteiger charge is 2.25. The fourth-order valence-corrected chi connectivity index (χ4v) is 2.72. The number of anilines is 1. The molecule has 0 radical (unpaired) electrons. The molecule has 0 aliphatic rings. The molecule has 0 fully saturated rings. The van der Waals surface area contributed by atoms with Gasteiger partial charge in [0.1, 0.15) is 5.75 Å². The van der Waals surface area contributed by atoms with Gasteiger partial charge in [0, 0.05) is 42.8 Å². The maximum atomic E-state index is 5.41. The summed E-state index contributed by atoms with van der Waals surface area (Å²) in [5, 5.41) is 4.61. The van der Waals surface area contributed by atoms with Gasteiger partial charge in [-0.1, -0.05) is 18.2 Å². The Bertz CT molecular complexity index is 699. The van der Waals surface area contributed by atoms with Crippen molar-refractivity contribution in [3.63, 3.8) is 0 Å². The molecule has 0 saturated carbocycles. The molecular formula is C20H27N3O. The normalized spacial score (nSPS) is 11.5. The Hall–Kier alpha value is -2.33. The minimum absolute atomic E-state index is 0.0629. The van der Waals surface area contributed by atoms with Crippen LogP contribution >= 0.6 is 0 Å². The van der Waals surface area contributed by atoms with Crippen molar-refractivity contribution in [2.24, 2.45) is 0 Å². The van der Waals surface area contributed by atoms with Gasteiger partial charge in [0.25, 0.3) is 0 Å². The second-order valence-corrected chi connectivity index (χ2v) is 6.40. The van der Waals surface area contributed by atoms with Crippen LogP contribution in [0.3, 0.4) is 0 Å². The van der Waals surface area contributed by atoms with Crippen LogP contribution in [0.1, 0.15) is 13.8 Å². The van der Waals surface area contributed by atoms with Crippen molar-refractivity contribution in [1.29, 1.82) is 0 Å². The van der Waals surface area contributed by atoms with Gasteiger partial charge in [0.15, 0.2) is 0 Å². The van der Waals surface area contributed by atoms with Gasteiger partial charge in [-0.05, 0) is 26.0 Å². The molecule has 1 N–H and O–H groups in total. The Kier molecular flexibility index (Phi) is 5.99. The van der Waals surface area contributed by atoms with Gasteiger partial charge >= 0.3 is 0 Å². The molecule has 1 heterocycles. The predicted molar refractivity (Wildman–Crippen MR) is 103 cm³/mol. The van der Waals surface area contributed by atoms with E-state index >= 15 is 0 Å². The summed E-state index contributed by atoms with van der Waals surface area (Å²) in [6.07, 6.45) is 5.66. The van der Waals surface area contributed by atoms with Crippen molar-refractivity contribution in [2.75, 3.05) is 32.1 Å². The van der Waals surface area contributed by atoms with E-state index in [0.717, 1.165) is 42.0 Å². The van der Waals surface area contributed by atoms with Gasteiger partial charge in [-0.25, -0.2) is 0 Å². The van der Waals surface area contributed by atoms with E-state index in [0.29, 0.717) is 0 Å². The smallest absolute Gasteiger partial charge is 0.121 e. The van der Waals surface area contributed by atoms with E-state index in [1.165, 1.54) is 0 Å². The Balaban J connectivity index is 2.25. The van der Waals surface area contributed by atoms with Crippen LogP contribution in [-0.2, 0) is 0 Å². The van der Waals surface area contributed by atoms with Gasteiger partial charge in [0.2, 0.25) is 0 Å². The molecule has 0 amide bonds. The third kappa shape index (κ3) is 4.15. The number of methoxy groups -OCH3 is 1. The third-order valence-corrected chi connectivity index (χ3v) is 4.18. The summed E-state index contributed by atoms with van der Waals surface area (Å²) in [6, 6.07) is 7.98. The molecule has 0 spiro atoms. The summed E-state index contributed by atoms with van der Waals surface area (Å²) in [5.74, 6) is 0.824. The van der Waals surface area contributed by atoms with Crippen LogP contribution in [0.4, 0.5) is 5.69 Å². The van der Waals surface area contributed by atoms with Crippen LogP contribution in [0, 0.1) is 0 Å². The number of fused-ring (bicyclic) bond motifs is 1. The standard InChI is InChI=1S/C20H27N3O/c1-6-11-23(12-7-2)20(3,4)15-22-18-14-17(24-5)13-16-9-8-10-21-19(16)18/h6-10,13-14,22H,1-2,11-12,15H2,3-5H3. The van der Waals surface area contributed by atoms with Crippen molar-refractivity contribution in [3.8, 4) is 5.75 Å². The molecule has 1 aromatic carbocycles.